The molecule has 0 radical (unpaired) electrons. The van der Waals surface area contributed by atoms with Gasteiger partial charge in [0.25, 0.3) is 5.56 Å². The molecule has 10 heteroatoms. The number of pyridine rings is 1. The third kappa shape index (κ3) is 3.45. The number of nitrogens with zero attached hydrogens (tertiary/aromatic N) is 4. The molecule has 1 amide bonds. The topological polar surface area (TPSA) is 124 Å². The highest BCUT2D eigenvalue weighted by Gasteiger charge is 2.16. The number of carbonyl (C=O) groups is 1. The number of imidazole rings is 1. The molecule has 160 valence electrons. The average Bonchev–Trinajstić information content (AvgIpc) is 3.13. The molecule has 31 heavy (non-hydrogen) atoms. The molecule has 0 fully saturated rings. The summed E-state index contributed by atoms with van der Waals surface area (Å²) < 4.78 is 3.65. The summed E-state index contributed by atoms with van der Waals surface area (Å²) in [6.45, 7) is 3.86. The molecule has 0 unspecified atom stereocenters. The normalized spacial score (nSPS) is 11.5. The van der Waals surface area contributed by atoms with E-state index < -0.39 is 11.2 Å². The summed E-state index contributed by atoms with van der Waals surface area (Å²) in [4.78, 5) is 56.1. The summed E-state index contributed by atoms with van der Waals surface area (Å²) in [5, 5.41) is 3.69. The number of carbonyl (C=O) groups excluding carboxylic acids is 1. The fourth-order valence-electron chi connectivity index (χ4n) is 3.71. The van der Waals surface area contributed by atoms with E-state index in [1.54, 1.807) is 18.2 Å². The lowest BCUT2D eigenvalue weighted by atomic mass is 9.99. The number of H-pyrrole nitrogens is 1. The molecule has 0 saturated carbocycles. The Hall–Kier alpha value is -3.95. The Balaban J connectivity index is 1.65. The monoisotopic (exact) mass is 422 g/mol. The standard InChI is InChI=1S/C21H22N6O4/c1-11(2)14-8-16(28)24-15-7-12(5-6-13(14)15)23-17(29)9-27-10-22-19-18(27)20(30)26(4)21(31)25(19)3/h5-8,10-11H,9H2,1-4H3,(H,23,29)(H,24,28). The molecule has 0 spiro atoms. The van der Waals surface area contributed by atoms with Gasteiger partial charge in [0.2, 0.25) is 11.5 Å². The van der Waals surface area contributed by atoms with Crippen molar-refractivity contribution in [2.24, 2.45) is 14.1 Å². The second-order valence-electron chi connectivity index (χ2n) is 7.80. The number of amides is 1. The molecule has 0 atom stereocenters. The molecule has 0 saturated heterocycles. The Bertz CT molecular complexity index is 1520. The Morgan fingerprint density at radius 2 is 1.87 bits per heavy atom. The predicted octanol–water partition coefficient (Wildman–Crippen LogP) is 1.04. The highest BCUT2D eigenvalue weighted by molar-refractivity contribution is 5.94. The van der Waals surface area contributed by atoms with Crippen LogP contribution in [0, 0.1) is 0 Å². The Morgan fingerprint density at radius 1 is 1.13 bits per heavy atom. The quantitative estimate of drug-likeness (QED) is 0.509. The molecule has 3 heterocycles. The lowest BCUT2D eigenvalue weighted by molar-refractivity contribution is -0.116. The van der Waals surface area contributed by atoms with Crippen LogP contribution in [0.3, 0.4) is 0 Å². The zero-order valence-corrected chi connectivity index (χ0v) is 17.6. The van der Waals surface area contributed by atoms with E-state index in [9.17, 15) is 19.2 Å². The van der Waals surface area contributed by atoms with Crippen molar-refractivity contribution in [3.8, 4) is 0 Å². The van der Waals surface area contributed by atoms with Crippen LogP contribution in [0.5, 0.6) is 0 Å². The zero-order chi connectivity index (χ0) is 22.4. The molecule has 0 aliphatic carbocycles. The minimum atomic E-state index is -0.520. The van der Waals surface area contributed by atoms with Crippen LogP contribution >= 0.6 is 0 Å². The van der Waals surface area contributed by atoms with Gasteiger partial charge in [-0.15, -0.1) is 0 Å². The van der Waals surface area contributed by atoms with E-state index in [0.29, 0.717) is 11.2 Å². The van der Waals surface area contributed by atoms with E-state index in [1.807, 2.05) is 19.9 Å². The maximum atomic E-state index is 12.6. The first-order chi connectivity index (χ1) is 14.7. The maximum absolute atomic E-state index is 12.6. The molecule has 3 aromatic heterocycles. The van der Waals surface area contributed by atoms with Gasteiger partial charge in [0.1, 0.15) is 6.54 Å². The number of aromatic nitrogens is 5. The lowest BCUT2D eigenvalue weighted by Gasteiger charge is -2.12. The Kier molecular flexibility index (Phi) is 4.84. The number of fused-ring (bicyclic) bond motifs is 2. The van der Waals surface area contributed by atoms with Crippen molar-refractivity contribution in [2.45, 2.75) is 26.3 Å². The number of hydrogen-bond acceptors (Lipinski definition) is 5. The number of nitrogens with one attached hydrogen (secondary N) is 2. The molecule has 2 N–H and O–H groups in total. The summed E-state index contributed by atoms with van der Waals surface area (Å²) in [5.41, 5.74) is 1.25. The highest BCUT2D eigenvalue weighted by atomic mass is 16.2. The van der Waals surface area contributed by atoms with Crippen LogP contribution in [0.1, 0.15) is 25.3 Å². The van der Waals surface area contributed by atoms with Crippen molar-refractivity contribution < 1.29 is 4.79 Å². The summed E-state index contributed by atoms with van der Waals surface area (Å²) in [6.07, 6.45) is 1.36. The van der Waals surface area contributed by atoms with Gasteiger partial charge < -0.3 is 14.9 Å². The van der Waals surface area contributed by atoms with Crippen LogP contribution < -0.4 is 22.1 Å². The third-order valence-corrected chi connectivity index (χ3v) is 5.31. The van der Waals surface area contributed by atoms with Crippen molar-refractivity contribution in [3.63, 3.8) is 0 Å². The first-order valence-corrected chi connectivity index (χ1v) is 9.75. The largest absolute Gasteiger partial charge is 0.332 e. The van der Waals surface area contributed by atoms with E-state index in [-0.39, 0.29) is 35.1 Å². The van der Waals surface area contributed by atoms with E-state index in [0.717, 1.165) is 15.5 Å². The highest BCUT2D eigenvalue weighted by Crippen LogP contribution is 2.25. The van der Waals surface area contributed by atoms with Crippen molar-refractivity contribution in [1.82, 2.24) is 23.7 Å². The number of aryl methyl sites for hydroxylation is 1. The third-order valence-electron chi connectivity index (χ3n) is 5.31. The number of anilines is 1. The van der Waals surface area contributed by atoms with Gasteiger partial charge in [-0.2, -0.15) is 0 Å². The molecule has 0 bridgehead atoms. The van der Waals surface area contributed by atoms with Crippen molar-refractivity contribution in [1.29, 1.82) is 0 Å². The van der Waals surface area contributed by atoms with Gasteiger partial charge >= 0.3 is 5.69 Å². The minimum Gasteiger partial charge on any atom is -0.324 e. The fourth-order valence-corrected chi connectivity index (χ4v) is 3.71. The first kappa shape index (κ1) is 20.3. The lowest BCUT2D eigenvalue weighted by Crippen LogP contribution is -2.37. The smallest absolute Gasteiger partial charge is 0.324 e. The molecular weight excluding hydrogens is 400 g/mol. The van der Waals surface area contributed by atoms with Gasteiger partial charge in [0, 0.05) is 31.2 Å². The van der Waals surface area contributed by atoms with Crippen LogP contribution in [0.4, 0.5) is 5.69 Å². The zero-order valence-electron chi connectivity index (χ0n) is 17.6. The average molecular weight is 422 g/mol. The molecule has 1 aromatic carbocycles. The molecule has 0 aliphatic rings. The molecular formula is C21H22N6O4. The fraction of sp³-hybridized carbons (Fsp3) is 0.286. The minimum absolute atomic E-state index is 0.162. The number of rotatable bonds is 4. The number of benzene rings is 1. The van der Waals surface area contributed by atoms with Gasteiger partial charge in [-0.05, 0) is 23.6 Å². The van der Waals surface area contributed by atoms with Gasteiger partial charge in [0.05, 0.1) is 11.8 Å². The summed E-state index contributed by atoms with van der Waals surface area (Å²) in [5.74, 6) is -0.199. The number of aromatic amines is 1. The van der Waals surface area contributed by atoms with Crippen molar-refractivity contribution in [2.75, 3.05) is 5.32 Å². The van der Waals surface area contributed by atoms with Crippen LogP contribution in [0.2, 0.25) is 0 Å². The van der Waals surface area contributed by atoms with Crippen molar-refractivity contribution >= 4 is 33.7 Å². The van der Waals surface area contributed by atoms with Crippen LogP contribution in [0.25, 0.3) is 22.1 Å². The first-order valence-electron chi connectivity index (χ1n) is 9.75. The van der Waals surface area contributed by atoms with E-state index in [4.69, 9.17) is 0 Å². The molecule has 10 nitrogen and oxygen atoms in total. The van der Waals surface area contributed by atoms with E-state index in [1.165, 1.54) is 29.6 Å². The van der Waals surface area contributed by atoms with Gasteiger partial charge in [-0.1, -0.05) is 19.9 Å². The molecule has 0 aliphatic heterocycles. The molecule has 4 rings (SSSR count). The molecule has 4 aromatic rings. The maximum Gasteiger partial charge on any atom is 0.332 e. The second-order valence-corrected chi connectivity index (χ2v) is 7.80. The van der Waals surface area contributed by atoms with Crippen LogP contribution in [-0.2, 0) is 25.4 Å². The SMILES string of the molecule is CC(C)c1cc(=O)[nH]c2cc(NC(=O)Cn3cnc4c3c(=O)n(C)c(=O)n4C)ccc12. The van der Waals surface area contributed by atoms with E-state index in [2.05, 4.69) is 15.3 Å². The summed E-state index contributed by atoms with van der Waals surface area (Å²) in [6, 6.07) is 6.91. The summed E-state index contributed by atoms with van der Waals surface area (Å²) >= 11 is 0. The van der Waals surface area contributed by atoms with Crippen LogP contribution in [0.15, 0.2) is 45.0 Å². The Morgan fingerprint density at radius 3 is 2.58 bits per heavy atom. The Labute approximate surface area is 175 Å². The second kappa shape index (κ2) is 7.38. The number of hydrogen-bond donors (Lipinski definition) is 2. The van der Waals surface area contributed by atoms with Gasteiger partial charge in [0.15, 0.2) is 11.2 Å². The van der Waals surface area contributed by atoms with Crippen molar-refractivity contribution in [3.05, 3.63) is 67.3 Å². The predicted molar refractivity (Wildman–Crippen MR) is 118 cm³/mol. The van der Waals surface area contributed by atoms with Gasteiger partial charge in [-0.25, -0.2) is 9.78 Å². The van der Waals surface area contributed by atoms with Crippen LogP contribution in [-0.4, -0.2) is 29.6 Å². The van der Waals surface area contributed by atoms with Gasteiger partial charge in [-0.3, -0.25) is 23.5 Å². The van der Waals surface area contributed by atoms with E-state index >= 15 is 0 Å². The summed E-state index contributed by atoms with van der Waals surface area (Å²) in [7, 11) is 2.89.